The number of carboxylic acid groups (broad SMARTS) is 1. The minimum Gasteiger partial charge on any atom is -0.480 e. The van der Waals surface area contributed by atoms with Crippen molar-refractivity contribution in [1.29, 1.82) is 0 Å². The van der Waals surface area contributed by atoms with Crippen molar-refractivity contribution in [3.8, 4) is 0 Å². The summed E-state index contributed by atoms with van der Waals surface area (Å²) in [6.07, 6.45) is 4.80. The van der Waals surface area contributed by atoms with Crippen LogP contribution in [-0.2, 0) is 14.8 Å². The van der Waals surface area contributed by atoms with Crippen LogP contribution in [0.25, 0.3) is 0 Å². The van der Waals surface area contributed by atoms with E-state index < -0.39 is 21.7 Å². The summed E-state index contributed by atoms with van der Waals surface area (Å²) in [5.74, 6) is -2.19. The van der Waals surface area contributed by atoms with Crippen LogP contribution >= 0.6 is 0 Å². The van der Waals surface area contributed by atoms with E-state index in [4.69, 9.17) is 5.11 Å². The molecule has 0 aromatic carbocycles. The van der Waals surface area contributed by atoms with Gasteiger partial charge in [0.2, 0.25) is 10.0 Å². The van der Waals surface area contributed by atoms with E-state index in [2.05, 4.69) is 9.62 Å². The topological polar surface area (TPSA) is 86.7 Å². The first-order chi connectivity index (χ1) is 7.91. The van der Waals surface area contributed by atoms with Gasteiger partial charge in [0.1, 0.15) is 0 Å². The van der Waals surface area contributed by atoms with Crippen LogP contribution in [0.2, 0.25) is 0 Å². The van der Waals surface area contributed by atoms with Crippen molar-refractivity contribution in [3.63, 3.8) is 0 Å². The van der Waals surface area contributed by atoms with Gasteiger partial charge in [0.05, 0.1) is 0 Å². The molecule has 1 aliphatic carbocycles. The van der Waals surface area contributed by atoms with Crippen LogP contribution < -0.4 is 4.72 Å². The Hall–Kier alpha value is -0.660. The van der Waals surface area contributed by atoms with Gasteiger partial charge in [-0.05, 0) is 19.9 Å². The van der Waals surface area contributed by atoms with Gasteiger partial charge >= 0.3 is 5.97 Å². The highest BCUT2D eigenvalue weighted by Crippen LogP contribution is 2.21. The Bertz CT molecular complexity index is 349. The first-order valence-corrected chi connectivity index (χ1v) is 7.45. The van der Waals surface area contributed by atoms with Gasteiger partial charge in [0, 0.05) is 19.1 Å². The lowest BCUT2D eigenvalue weighted by atomic mass is 10.2. The van der Waals surface area contributed by atoms with Gasteiger partial charge in [-0.3, -0.25) is 4.79 Å². The van der Waals surface area contributed by atoms with Crippen LogP contribution in [0.3, 0.4) is 0 Å². The fourth-order valence-electron chi connectivity index (χ4n) is 2.12. The Morgan fingerprint density at radius 1 is 1.41 bits per heavy atom. The third-order valence-electron chi connectivity index (χ3n) is 3.05. The van der Waals surface area contributed by atoms with E-state index in [1.54, 1.807) is 0 Å². The number of hydrogen-bond donors (Lipinski definition) is 2. The Morgan fingerprint density at radius 3 is 2.53 bits per heavy atom. The lowest BCUT2D eigenvalue weighted by molar-refractivity contribution is -0.134. The fourth-order valence-corrected chi connectivity index (χ4v) is 2.95. The molecule has 0 aliphatic heterocycles. The minimum absolute atomic E-state index is 0.266. The number of nitrogens with one attached hydrogen (secondary N) is 1. The number of sulfonamides is 1. The van der Waals surface area contributed by atoms with Gasteiger partial charge in [0.25, 0.3) is 0 Å². The summed E-state index contributed by atoms with van der Waals surface area (Å²) in [7, 11) is -1.70. The van der Waals surface area contributed by atoms with E-state index in [-0.39, 0.29) is 6.54 Å². The van der Waals surface area contributed by atoms with Crippen LogP contribution in [0.1, 0.15) is 25.7 Å². The number of hydrogen-bond acceptors (Lipinski definition) is 4. The van der Waals surface area contributed by atoms with Crippen molar-refractivity contribution in [2.75, 3.05) is 25.9 Å². The minimum atomic E-state index is -3.68. The summed E-state index contributed by atoms with van der Waals surface area (Å²) < 4.78 is 24.8. The predicted molar refractivity (Wildman–Crippen MR) is 64.3 cm³/mol. The number of rotatable bonds is 7. The fraction of sp³-hybridized carbons (Fsp3) is 0.900. The van der Waals surface area contributed by atoms with Crippen molar-refractivity contribution in [2.45, 2.75) is 31.7 Å². The third-order valence-corrected chi connectivity index (χ3v) is 4.32. The maximum absolute atomic E-state index is 11.2. The molecule has 0 bridgehead atoms. The van der Waals surface area contributed by atoms with Crippen LogP contribution in [0.15, 0.2) is 0 Å². The number of likely N-dealkylation sites (N-methyl/N-ethyl adjacent to an activating group) is 1. The van der Waals surface area contributed by atoms with Gasteiger partial charge in [-0.2, -0.15) is 0 Å². The molecular weight excluding hydrogens is 244 g/mol. The average molecular weight is 264 g/mol. The van der Waals surface area contributed by atoms with E-state index in [9.17, 15) is 13.2 Å². The van der Waals surface area contributed by atoms with Crippen molar-refractivity contribution >= 4 is 16.0 Å². The van der Waals surface area contributed by atoms with Gasteiger partial charge in [-0.1, -0.05) is 12.8 Å². The smallest absolute Gasteiger partial charge is 0.320 e. The zero-order valence-electron chi connectivity index (χ0n) is 10.1. The second kappa shape index (κ2) is 6.32. The number of carbonyl (C=O) groups is 1. The van der Waals surface area contributed by atoms with Gasteiger partial charge in [-0.15, -0.1) is 0 Å². The molecule has 1 aliphatic rings. The molecule has 0 unspecified atom stereocenters. The molecule has 0 atom stereocenters. The lowest BCUT2D eigenvalue weighted by Gasteiger charge is -2.23. The molecule has 1 rings (SSSR count). The van der Waals surface area contributed by atoms with E-state index in [0.717, 1.165) is 0 Å². The van der Waals surface area contributed by atoms with Crippen LogP contribution in [0.5, 0.6) is 0 Å². The average Bonchev–Trinajstić information content (AvgIpc) is 2.67. The van der Waals surface area contributed by atoms with Crippen molar-refractivity contribution in [1.82, 2.24) is 9.62 Å². The Labute approximate surface area is 102 Å². The normalized spacial score (nSPS) is 17.8. The zero-order chi connectivity index (χ0) is 12.9. The number of carboxylic acids is 1. The highest BCUT2D eigenvalue weighted by molar-refractivity contribution is 7.90. The molecule has 0 spiro atoms. The second-order valence-electron chi connectivity index (χ2n) is 4.47. The molecule has 0 heterocycles. The Balaban J connectivity index is 2.24. The third kappa shape index (κ3) is 5.47. The number of aliphatic carboxylic acids is 1. The summed E-state index contributed by atoms with van der Waals surface area (Å²) in [4.78, 5) is 12.4. The lowest BCUT2D eigenvalue weighted by Crippen LogP contribution is -2.39. The second-order valence-corrected chi connectivity index (χ2v) is 6.27. The number of nitrogens with zero attached hydrogens (tertiary/aromatic N) is 1. The van der Waals surface area contributed by atoms with Gasteiger partial charge in [0.15, 0.2) is 5.75 Å². The molecule has 1 fully saturated rings. The van der Waals surface area contributed by atoms with E-state index in [1.807, 2.05) is 7.05 Å². The molecule has 0 aromatic heterocycles. The first kappa shape index (κ1) is 14.4. The summed E-state index contributed by atoms with van der Waals surface area (Å²) in [6.45, 7) is 0.881. The van der Waals surface area contributed by atoms with Crippen molar-refractivity contribution < 1.29 is 18.3 Å². The highest BCUT2D eigenvalue weighted by Gasteiger charge is 2.20. The van der Waals surface area contributed by atoms with Crippen LogP contribution in [-0.4, -0.2) is 56.3 Å². The van der Waals surface area contributed by atoms with Gasteiger partial charge in [-0.25, -0.2) is 13.1 Å². The van der Waals surface area contributed by atoms with Crippen molar-refractivity contribution in [3.05, 3.63) is 0 Å². The molecule has 17 heavy (non-hydrogen) atoms. The first-order valence-electron chi connectivity index (χ1n) is 5.80. The van der Waals surface area contributed by atoms with Gasteiger partial charge < -0.3 is 10.0 Å². The largest absolute Gasteiger partial charge is 0.480 e. The van der Waals surface area contributed by atoms with E-state index >= 15 is 0 Å². The zero-order valence-corrected chi connectivity index (χ0v) is 10.9. The maximum atomic E-state index is 11.2. The maximum Gasteiger partial charge on any atom is 0.320 e. The molecule has 0 radical (unpaired) electrons. The van der Waals surface area contributed by atoms with Crippen molar-refractivity contribution in [2.24, 2.45) is 0 Å². The molecular formula is C10H20N2O4S. The quantitative estimate of drug-likeness (QED) is 0.668. The van der Waals surface area contributed by atoms with E-state index in [1.165, 1.54) is 25.7 Å². The summed E-state index contributed by atoms with van der Waals surface area (Å²) >= 11 is 0. The van der Waals surface area contributed by atoms with E-state index in [0.29, 0.717) is 12.6 Å². The molecule has 0 amide bonds. The molecule has 0 saturated heterocycles. The molecule has 2 N–H and O–H groups in total. The predicted octanol–water partition coefficient (Wildman–Crippen LogP) is -0.135. The molecule has 6 nitrogen and oxygen atoms in total. The highest BCUT2D eigenvalue weighted by atomic mass is 32.2. The summed E-state index contributed by atoms with van der Waals surface area (Å²) in [5.41, 5.74) is 0. The molecule has 0 aromatic rings. The Morgan fingerprint density at radius 2 is 2.00 bits per heavy atom. The van der Waals surface area contributed by atoms with Crippen LogP contribution in [0.4, 0.5) is 0 Å². The molecule has 100 valence electrons. The summed E-state index contributed by atoms with van der Waals surface area (Å²) in [6, 6.07) is 0.541. The summed E-state index contributed by atoms with van der Waals surface area (Å²) in [5, 5.41) is 8.40. The van der Waals surface area contributed by atoms with Crippen LogP contribution in [0, 0.1) is 0 Å². The monoisotopic (exact) mass is 264 g/mol. The standard InChI is InChI=1S/C10H20N2O4S/c1-12(9-4-2-3-5-9)7-6-11-17(15,16)8-10(13)14/h9,11H,2-8H2,1H3,(H,13,14). The molecule has 1 saturated carbocycles. The Kier molecular flexibility index (Phi) is 5.35. The SMILES string of the molecule is CN(CCNS(=O)(=O)CC(=O)O)C1CCCC1. The molecule has 7 heteroatoms.